The van der Waals surface area contributed by atoms with E-state index in [9.17, 15) is 9.59 Å². The lowest BCUT2D eigenvalue weighted by Gasteiger charge is -2.13. The Morgan fingerprint density at radius 1 is 1.08 bits per heavy atom. The quantitative estimate of drug-likeness (QED) is 0.652. The SMILES string of the molecule is Cc1ccc(/C=C/C(=O)NNC(=O)c2cccc(N(C)C)c2)cc1Cl. The van der Waals surface area contributed by atoms with E-state index in [0.717, 1.165) is 16.8 Å². The van der Waals surface area contributed by atoms with Crippen molar-refractivity contribution < 1.29 is 9.59 Å². The molecule has 2 amide bonds. The molecule has 0 saturated heterocycles. The minimum atomic E-state index is -0.436. The fourth-order valence-corrected chi connectivity index (χ4v) is 2.23. The lowest BCUT2D eigenvalue weighted by Crippen LogP contribution is -2.40. The Balaban J connectivity index is 1.93. The maximum Gasteiger partial charge on any atom is 0.269 e. The second kappa shape index (κ2) is 8.35. The van der Waals surface area contributed by atoms with E-state index in [1.807, 2.05) is 44.1 Å². The molecule has 2 N–H and O–H groups in total. The first-order valence-electron chi connectivity index (χ1n) is 7.69. The number of carbonyl (C=O) groups excluding carboxylic acids is 2. The van der Waals surface area contributed by atoms with Crippen molar-refractivity contribution in [2.24, 2.45) is 0 Å². The van der Waals surface area contributed by atoms with E-state index in [1.165, 1.54) is 6.08 Å². The first-order valence-corrected chi connectivity index (χ1v) is 8.06. The normalized spacial score (nSPS) is 10.6. The molecule has 2 aromatic rings. The van der Waals surface area contributed by atoms with Crippen molar-refractivity contribution in [2.45, 2.75) is 6.92 Å². The number of amides is 2. The molecule has 2 rings (SSSR count). The first-order chi connectivity index (χ1) is 11.9. The molecule has 0 aliphatic carbocycles. The number of aryl methyl sites for hydroxylation is 1. The zero-order valence-electron chi connectivity index (χ0n) is 14.3. The van der Waals surface area contributed by atoms with Gasteiger partial charge in [-0.3, -0.25) is 20.4 Å². The van der Waals surface area contributed by atoms with Crippen molar-refractivity contribution in [3.8, 4) is 0 Å². The Kier molecular flexibility index (Phi) is 6.19. The maximum atomic E-state index is 12.1. The molecule has 0 saturated carbocycles. The Morgan fingerprint density at radius 2 is 1.84 bits per heavy atom. The predicted molar refractivity (Wildman–Crippen MR) is 102 cm³/mol. The van der Waals surface area contributed by atoms with Gasteiger partial charge in [-0.1, -0.05) is 29.8 Å². The van der Waals surface area contributed by atoms with E-state index in [1.54, 1.807) is 30.3 Å². The highest BCUT2D eigenvalue weighted by Crippen LogP contribution is 2.17. The van der Waals surface area contributed by atoms with Gasteiger partial charge in [-0.25, -0.2) is 0 Å². The van der Waals surface area contributed by atoms with Gasteiger partial charge >= 0.3 is 0 Å². The Morgan fingerprint density at radius 3 is 2.52 bits per heavy atom. The molecule has 0 fully saturated rings. The van der Waals surface area contributed by atoms with Crippen LogP contribution in [-0.2, 0) is 4.79 Å². The number of rotatable bonds is 4. The molecule has 0 bridgehead atoms. The molecule has 130 valence electrons. The molecule has 25 heavy (non-hydrogen) atoms. The van der Waals surface area contributed by atoms with Gasteiger partial charge < -0.3 is 4.90 Å². The summed E-state index contributed by atoms with van der Waals surface area (Å²) in [6, 6.07) is 12.6. The largest absolute Gasteiger partial charge is 0.378 e. The van der Waals surface area contributed by atoms with Gasteiger partial charge in [0.25, 0.3) is 11.8 Å². The fraction of sp³-hybridized carbons (Fsp3) is 0.158. The van der Waals surface area contributed by atoms with E-state index in [-0.39, 0.29) is 5.91 Å². The van der Waals surface area contributed by atoms with Gasteiger partial charge in [0.2, 0.25) is 0 Å². The molecule has 0 atom stereocenters. The average molecular weight is 358 g/mol. The molecule has 0 radical (unpaired) electrons. The number of hydrogen-bond donors (Lipinski definition) is 2. The molecule has 6 heteroatoms. The molecule has 0 unspecified atom stereocenters. The highest BCUT2D eigenvalue weighted by Gasteiger charge is 2.07. The second-order valence-electron chi connectivity index (χ2n) is 5.73. The zero-order valence-corrected chi connectivity index (χ0v) is 15.1. The van der Waals surface area contributed by atoms with Gasteiger partial charge in [0.1, 0.15) is 0 Å². The van der Waals surface area contributed by atoms with Crippen LogP contribution in [0.15, 0.2) is 48.5 Å². The number of hydrazine groups is 1. The topological polar surface area (TPSA) is 61.4 Å². The Bertz CT molecular complexity index is 816. The number of nitrogens with zero attached hydrogens (tertiary/aromatic N) is 1. The lowest BCUT2D eigenvalue weighted by molar-refractivity contribution is -0.117. The predicted octanol–water partition coefficient (Wildman–Crippen LogP) is 3.19. The fourth-order valence-electron chi connectivity index (χ4n) is 2.04. The second-order valence-corrected chi connectivity index (χ2v) is 6.14. The van der Waals surface area contributed by atoms with Gasteiger partial charge in [-0.15, -0.1) is 0 Å². The zero-order chi connectivity index (χ0) is 18.4. The third-order valence-electron chi connectivity index (χ3n) is 3.55. The number of carbonyl (C=O) groups is 2. The molecule has 0 aliphatic rings. The Hall–Kier alpha value is -2.79. The van der Waals surface area contributed by atoms with Crippen molar-refractivity contribution >= 4 is 35.2 Å². The van der Waals surface area contributed by atoms with Gasteiger partial charge in [0.15, 0.2) is 0 Å². The van der Waals surface area contributed by atoms with Crippen LogP contribution in [0.4, 0.5) is 5.69 Å². The third-order valence-corrected chi connectivity index (χ3v) is 3.95. The maximum absolute atomic E-state index is 12.1. The van der Waals surface area contributed by atoms with E-state index >= 15 is 0 Å². The van der Waals surface area contributed by atoms with Crippen LogP contribution in [0, 0.1) is 6.92 Å². The van der Waals surface area contributed by atoms with E-state index < -0.39 is 5.91 Å². The van der Waals surface area contributed by atoms with Crippen LogP contribution >= 0.6 is 11.6 Å². The molecule has 0 aliphatic heterocycles. The van der Waals surface area contributed by atoms with Gasteiger partial charge in [-0.05, 0) is 48.4 Å². The molecular formula is C19H20ClN3O2. The average Bonchev–Trinajstić information content (AvgIpc) is 2.60. The van der Waals surface area contributed by atoms with Gasteiger partial charge in [0.05, 0.1) is 0 Å². The van der Waals surface area contributed by atoms with E-state index in [0.29, 0.717) is 10.6 Å². The molecule has 2 aromatic carbocycles. The minimum Gasteiger partial charge on any atom is -0.378 e. The summed E-state index contributed by atoms with van der Waals surface area (Å²) >= 11 is 6.04. The first kappa shape index (κ1) is 18.5. The summed E-state index contributed by atoms with van der Waals surface area (Å²) in [7, 11) is 3.78. The third kappa shape index (κ3) is 5.36. The highest BCUT2D eigenvalue weighted by molar-refractivity contribution is 6.31. The number of hydrogen-bond acceptors (Lipinski definition) is 3. The summed E-state index contributed by atoms with van der Waals surface area (Å²) < 4.78 is 0. The summed E-state index contributed by atoms with van der Waals surface area (Å²) in [4.78, 5) is 25.8. The summed E-state index contributed by atoms with van der Waals surface area (Å²) in [5, 5.41) is 0.636. The number of benzene rings is 2. The van der Waals surface area contributed by atoms with Crippen LogP contribution in [0.25, 0.3) is 6.08 Å². The summed E-state index contributed by atoms with van der Waals surface area (Å²) in [5.74, 6) is -0.822. The van der Waals surface area contributed by atoms with Gasteiger partial charge in [0, 0.05) is 36.4 Å². The monoisotopic (exact) mass is 357 g/mol. The van der Waals surface area contributed by atoms with Crippen LogP contribution in [0.3, 0.4) is 0 Å². The number of anilines is 1. The lowest BCUT2D eigenvalue weighted by atomic mass is 10.1. The standard InChI is InChI=1S/C19H20ClN3O2/c1-13-7-8-14(11-17(13)20)9-10-18(24)21-22-19(25)15-5-4-6-16(12-15)23(2)3/h4-12H,1-3H3,(H,21,24)(H,22,25)/b10-9+. The summed E-state index contributed by atoms with van der Waals surface area (Å²) in [6.07, 6.45) is 2.96. The minimum absolute atomic E-state index is 0.385. The summed E-state index contributed by atoms with van der Waals surface area (Å²) in [5.41, 5.74) is 7.87. The van der Waals surface area contributed by atoms with E-state index in [4.69, 9.17) is 11.6 Å². The van der Waals surface area contributed by atoms with Crippen molar-refractivity contribution in [2.75, 3.05) is 19.0 Å². The molecule has 5 nitrogen and oxygen atoms in total. The molecule has 0 aromatic heterocycles. The van der Waals surface area contributed by atoms with Gasteiger partial charge in [-0.2, -0.15) is 0 Å². The van der Waals surface area contributed by atoms with Crippen LogP contribution < -0.4 is 15.8 Å². The van der Waals surface area contributed by atoms with E-state index in [2.05, 4.69) is 10.9 Å². The van der Waals surface area contributed by atoms with Crippen molar-refractivity contribution in [3.63, 3.8) is 0 Å². The van der Waals surface area contributed by atoms with Crippen LogP contribution in [0.2, 0.25) is 5.02 Å². The smallest absolute Gasteiger partial charge is 0.269 e. The number of halogens is 1. The van der Waals surface area contributed by atoms with Crippen molar-refractivity contribution in [3.05, 3.63) is 70.3 Å². The Labute approximate surface area is 152 Å². The number of nitrogens with one attached hydrogen (secondary N) is 2. The van der Waals surface area contributed by atoms with Crippen LogP contribution in [0.5, 0.6) is 0 Å². The molecular weight excluding hydrogens is 338 g/mol. The molecule has 0 heterocycles. The van der Waals surface area contributed by atoms with Crippen LogP contribution in [0.1, 0.15) is 21.5 Å². The molecule has 0 spiro atoms. The van der Waals surface area contributed by atoms with Crippen LogP contribution in [-0.4, -0.2) is 25.9 Å². The highest BCUT2D eigenvalue weighted by atomic mass is 35.5. The van der Waals surface area contributed by atoms with Crippen molar-refractivity contribution in [1.29, 1.82) is 0 Å². The van der Waals surface area contributed by atoms with Crippen molar-refractivity contribution in [1.82, 2.24) is 10.9 Å². The summed E-state index contributed by atoms with van der Waals surface area (Å²) in [6.45, 7) is 1.91.